The normalized spacial score (nSPS) is 27.4. The Balaban J connectivity index is 1.72. The Bertz CT molecular complexity index is 666. The second-order valence-electron chi connectivity index (χ2n) is 6.56. The van der Waals surface area contributed by atoms with E-state index < -0.39 is 11.8 Å². The summed E-state index contributed by atoms with van der Waals surface area (Å²) in [7, 11) is 2.88. The summed E-state index contributed by atoms with van der Waals surface area (Å²) in [5.74, 6) is -0.504. The molecule has 0 amide bonds. The van der Waals surface area contributed by atoms with Gasteiger partial charge in [-0.1, -0.05) is 24.3 Å². The first kappa shape index (κ1) is 17.9. The van der Waals surface area contributed by atoms with Crippen molar-refractivity contribution >= 4 is 12.0 Å². The van der Waals surface area contributed by atoms with Gasteiger partial charge in [0.05, 0.1) is 26.9 Å². The number of carbonyl (C=O) groups is 1. The lowest BCUT2D eigenvalue weighted by molar-refractivity contribution is -0.174. The number of hydrogen-bond acceptors (Lipinski definition) is 6. The van der Waals surface area contributed by atoms with Crippen LogP contribution in [0.4, 0.5) is 0 Å². The molecule has 3 rings (SSSR count). The first-order chi connectivity index (χ1) is 11.9. The van der Waals surface area contributed by atoms with Gasteiger partial charge in [-0.3, -0.25) is 0 Å². The fourth-order valence-electron chi connectivity index (χ4n) is 3.33. The van der Waals surface area contributed by atoms with Gasteiger partial charge in [0.15, 0.2) is 5.79 Å². The van der Waals surface area contributed by atoms with Crippen LogP contribution in [0.25, 0.3) is 6.08 Å². The fraction of sp³-hybridized carbons (Fsp3) is 0.526. The van der Waals surface area contributed by atoms with Gasteiger partial charge in [0.2, 0.25) is 0 Å². The summed E-state index contributed by atoms with van der Waals surface area (Å²) in [4.78, 5) is 12.1. The first-order valence-corrected chi connectivity index (χ1v) is 8.34. The smallest absolute Gasteiger partial charge is 0.342 e. The van der Waals surface area contributed by atoms with Crippen LogP contribution in [0.15, 0.2) is 24.3 Å². The zero-order valence-electron chi connectivity index (χ0n) is 15.0. The quantitative estimate of drug-likeness (QED) is 0.763. The Morgan fingerprint density at radius 3 is 2.84 bits per heavy atom. The summed E-state index contributed by atoms with van der Waals surface area (Å²) in [6.45, 7) is 4.37. The van der Waals surface area contributed by atoms with Crippen molar-refractivity contribution < 1.29 is 28.5 Å². The molecule has 136 valence electrons. The van der Waals surface area contributed by atoms with Crippen molar-refractivity contribution in [3.05, 3.63) is 35.4 Å². The Kier molecular flexibility index (Phi) is 5.13. The molecule has 0 aromatic heterocycles. The number of methoxy groups -OCH3 is 2. The third-order valence-corrected chi connectivity index (χ3v) is 4.40. The summed E-state index contributed by atoms with van der Waals surface area (Å²) in [6, 6.07) is 5.42. The minimum absolute atomic E-state index is 0.0177. The van der Waals surface area contributed by atoms with Gasteiger partial charge in [-0.15, -0.1) is 0 Å². The van der Waals surface area contributed by atoms with Gasteiger partial charge in [0, 0.05) is 0 Å². The number of rotatable bonds is 5. The summed E-state index contributed by atoms with van der Waals surface area (Å²) < 4.78 is 27.7. The lowest BCUT2D eigenvalue weighted by atomic mass is 10.0. The Hall–Kier alpha value is -1.89. The SMILES string of the molecule is COC(=O)c1c(/C=C/C[C@H]2OC[C@@H]3OC(C)(C)O[C@@H]32)cccc1OC. The summed E-state index contributed by atoms with van der Waals surface area (Å²) in [5, 5.41) is 0. The highest BCUT2D eigenvalue weighted by Crippen LogP contribution is 2.36. The molecule has 0 spiro atoms. The van der Waals surface area contributed by atoms with Crippen LogP contribution in [0.5, 0.6) is 5.75 Å². The zero-order valence-corrected chi connectivity index (χ0v) is 15.0. The lowest BCUT2D eigenvalue weighted by Gasteiger charge is -2.21. The van der Waals surface area contributed by atoms with E-state index in [2.05, 4.69) is 0 Å². The molecule has 0 N–H and O–H groups in total. The number of carbonyl (C=O) groups excluding carboxylic acids is 1. The predicted molar refractivity (Wildman–Crippen MR) is 91.5 cm³/mol. The number of esters is 1. The van der Waals surface area contributed by atoms with Crippen molar-refractivity contribution in [2.45, 2.75) is 44.4 Å². The summed E-state index contributed by atoms with van der Waals surface area (Å²) in [5.41, 5.74) is 1.15. The third kappa shape index (κ3) is 3.71. The van der Waals surface area contributed by atoms with Crippen molar-refractivity contribution in [2.75, 3.05) is 20.8 Å². The third-order valence-electron chi connectivity index (χ3n) is 4.40. The second-order valence-corrected chi connectivity index (χ2v) is 6.56. The molecule has 0 bridgehead atoms. The van der Waals surface area contributed by atoms with E-state index in [-0.39, 0.29) is 18.3 Å². The van der Waals surface area contributed by atoms with E-state index >= 15 is 0 Å². The van der Waals surface area contributed by atoms with Crippen LogP contribution in [-0.2, 0) is 18.9 Å². The van der Waals surface area contributed by atoms with Gasteiger partial charge in [0.1, 0.15) is 23.5 Å². The van der Waals surface area contributed by atoms with Gasteiger partial charge in [-0.05, 0) is 31.9 Å². The van der Waals surface area contributed by atoms with Crippen molar-refractivity contribution in [1.29, 1.82) is 0 Å². The molecule has 0 unspecified atom stereocenters. The van der Waals surface area contributed by atoms with E-state index in [1.165, 1.54) is 14.2 Å². The molecule has 2 fully saturated rings. The molecule has 25 heavy (non-hydrogen) atoms. The monoisotopic (exact) mass is 348 g/mol. The van der Waals surface area contributed by atoms with E-state index in [0.29, 0.717) is 24.3 Å². The molecule has 0 radical (unpaired) electrons. The van der Waals surface area contributed by atoms with Gasteiger partial charge >= 0.3 is 5.97 Å². The molecule has 6 heteroatoms. The Morgan fingerprint density at radius 1 is 1.32 bits per heavy atom. The maximum Gasteiger partial charge on any atom is 0.342 e. The molecule has 0 saturated carbocycles. The average Bonchev–Trinajstić information content (AvgIpc) is 3.09. The largest absolute Gasteiger partial charge is 0.496 e. The van der Waals surface area contributed by atoms with E-state index in [0.717, 1.165) is 5.56 Å². The molecule has 3 atom stereocenters. The Morgan fingerprint density at radius 2 is 2.12 bits per heavy atom. The minimum Gasteiger partial charge on any atom is -0.496 e. The van der Waals surface area contributed by atoms with Gasteiger partial charge in [0.25, 0.3) is 0 Å². The van der Waals surface area contributed by atoms with Crippen LogP contribution in [0.1, 0.15) is 36.2 Å². The van der Waals surface area contributed by atoms with Crippen LogP contribution >= 0.6 is 0 Å². The predicted octanol–water partition coefficient (Wildman–Crippen LogP) is 2.80. The maximum absolute atomic E-state index is 12.1. The molecular formula is C19H24O6. The highest BCUT2D eigenvalue weighted by atomic mass is 16.8. The zero-order chi connectivity index (χ0) is 18.0. The standard InChI is InChI=1S/C19H24O6/c1-19(2)24-15-11-23-14(17(15)25-19)10-6-8-12-7-5-9-13(21-3)16(12)18(20)22-4/h5-9,14-15,17H,10-11H2,1-4H3/b8-6+/t14-,15+,17-/m1/s1. The molecule has 1 aromatic rings. The van der Waals surface area contributed by atoms with Crippen LogP contribution in [0.2, 0.25) is 0 Å². The lowest BCUT2D eigenvalue weighted by Crippen LogP contribution is -2.29. The number of hydrogen-bond donors (Lipinski definition) is 0. The van der Waals surface area contributed by atoms with Crippen LogP contribution in [0.3, 0.4) is 0 Å². The summed E-state index contributed by atoms with van der Waals surface area (Å²) >= 11 is 0. The molecular weight excluding hydrogens is 324 g/mol. The first-order valence-electron chi connectivity index (χ1n) is 8.34. The van der Waals surface area contributed by atoms with E-state index in [4.69, 9.17) is 23.7 Å². The van der Waals surface area contributed by atoms with E-state index in [9.17, 15) is 4.79 Å². The topological polar surface area (TPSA) is 63.2 Å². The molecule has 1 aromatic carbocycles. The molecule has 2 saturated heterocycles. The van der Waals surface area contributed by atoms with Crippen LogP contribution in [-0.4, -0.2) is 50.9 Å². The molecule has 0 aliphatic carbocycles. The molecule has 2 aliphatic rings. The summed E-state index contributed by atoms with van der Waals surface area (Å²) in [6.07, 6.45) is 4.38. The van der Waals surface area contributed by atoms with Crippen LogP contribution < -0.4 is 4.74 Å². The maximum atomic E-state index is 12.1. The van der Waals surface area contributed by atoms with Gasteiger partial charge in [-0.25, -0.2) is 4.79 Å². The van der Waals surface area contributed by atoms with E-state index in [1.807, 2.05) is 38.1 Å². The van der Waals surface area contributed by atoms with Gasteiger partial charge in [-0.2, -0.15) is 0 Å². The van der Waals surface area contributed by atoms with Crippen molar-refractivity contribution in [3.63, 3.8) is 0 Å². The number of ether oxygens (including phenoxy) is 5. The van der Waals surface area contributed by atoms with Crippen molar-refractivity contribution in [3.8, 4) is 5.75 Å². The molecule has 2 aliphatic heterocycles. The number of benzene rings is 1. The average molecular weight is 348 g/mol. The Labute approximate surface area is 147 Å². The highest BCUT2D eigenvalue weighted by Gasteiger charge is 2.49. The van der Waals surface area contributed by atoms with Crippen molar-refractivity contribution in [2.24, 2.45) is 0 Å². The highest BCUT2D eigenvalue weighted by molar-refractivity contribution is 5.96. The molecule has 6 nitrogen and oxygen atoms in total. The van der Waals surface area contributed by atoms with Crippen LogP contribution in [0, 0.1) is 0 Å². The van der Waals surface area contributed by atoms with Crippen molar-refractivity contribution in [1.82, 2.24) is 0 Å². The second kappa shape index (κ2) is 7.15. The van der Waals surface area contributed by atoms with E-state index in [1.54, 1.807) is 6.07 Å². The fourth-order valence-corrected chi connectivity index (χ4v) is 3.33. The number of fused-ring (bicyclic) bond motifs is 1. The minimum atomic E-state index is -0.564. The molecule has 2 heterocycles. The van der Waals surface area contributed by atoms with Gasteiger partial charge < -0.3 is 23.7 Å².